The van der Waals surface area contributed by atoms with E-state index in [1.54, 1.807) is 6.07 Å². The molecule has 0 radical (unpaired) electrons. The number of fused-ring (bicyclic) bond motifs is 4. The maximum Gasteiger partial charge on any atom is 0.343 e. The second-order valence-electron chi connectivity index (χ2n) is 16.8. The SMILES string of the molecule is CCCCCC(C)(C)Oc1ccc(C2(c3ccc(OC(=O)c4ccc5cc(C(=O)C(C)(CCC)CCC)ccc5c4)cc3)c3ccccc3-c3ccccc32)cc1. The highest BCUT2D eigenvalue weighted by molar-refractivity contribution is 6.04. The second-order valence-corrected chi connectivity index (χ2v) is 16.8. The summed E-state index contributed by atoms with van der Waals surface area (Å²) in [6.45, 7) is 12.9. The summed E-state index contributed by atoms with van der Waals surface area (Å²) in [5.74, 6) is 1.10. The molecule has 0 spiro atoms. The number of hydrogen-bond donors (Lipinski definition) is 0. The van der Waals surface area contributed by atoms with Gasteiger partial charge in [-0.25, -0.2) is 4.79 Å². The lowest BCUT2D eigenvalue weighted by atomic mass is 9.68. The van der Waals surface area contributed by atoms with E-state index >= 15 is 0 Å². The number of hydrogen-bond acceptors (Lipinski definition) is 4. The van der Waals surface area contributed by atoms with Crippen molar-refractivity contribution in [1.29, 1.82) is 0 Å². The molecule has 0 bridgehead atoms. The maximum atomic E-state index is 13.6. The van der Waals surface area contributed by atoms with Crippen LogP contribution in [0.3, 0.4) is 0 Å². The predicted octanol–water partition coefficient (Wildman–Crippen LogP) is 13.9. The van der Waals surface area contributed by atoms with Crippen LogP contribution in [0.2, 0.25) is 0 Å². The Morgan fingerprint density at radius 3 is 1.60 bits per heavy atom. The molecule has 0 aromatic heterocycles. The van der Waals surface area contributed by atoms with Crippen molar-refractivity contribution in [2.24, 2.45) is 5.41 Å². The normalized spacial score (nSPS) is 13.2. The molecule has 6 aromatic rings. The van der Waals surface area contributed by atoms with Crippen molar-refractivity contribution in [1.82, 2.24) is 0 Å². The molecule has 0 N–H and O–H groups in total. The Labute approximate surface area is 339 Å². The van der Waals surface area contributed by atoms with Gasteiger partial charge in [-0.05, 0) is 126 Å². The van der Waals surface area contributed by atoms with Gasteiger partial charge in [0.05, 0.1) is 11.0 Å². The van der Waals surface area contributed by atoms with E-state index in [0.29, 0.717) is 11.3 Å². The summed E-state index contributed by atoms with van der Waals surface area (Å²) < 4.78 is 12.5. The summed E-state index contributed by atoms with van der Waals surface area (Å²) in [5.41, 5.74) is 7.04. The lowest BCUT2D eigenvalue weighted by molar-refractivity contribution is 0.0733. The fourth-order valence-corrected chi connectivity index (χ4v) is 9.22. The summed E-state index contributed by atoms with van der Waals surface area (Å²) in [7, 11) is 0. The molecule has 0 atom stereocenters. The first-order chi connectivity index (χ1) is 27.5. The van der Waals surface area contributed by atoms with Crippen LogP contribution in [0.1, 0.15) is 136 Å². The van der Waals surface area contributed by atoms with Crippen LogP contribution in [0.15, 0.2) is 133 Å². The Balaban J connectivity index is 1.17. The fraction of sp³-hybridized carbons (Fsp3) is 0.321. The average Bonchev–Trinajstić information content (AvgIpc) is 3.52. The summed E-state index contributed by atoms with van der Waals surface area (Å²) in [6.07, 6.45) is 8.21. The van der Waals surface area contributed by atoms with Crippen LogP contribution in [-0.4, -0.2) is 17.4 Å². The van der Waals surface area contributed by atoms with Crippen LogP contribution >= 0.6 is 0 Å². The van der Waals surface area contributed by atoms with E-state index in [1.165, 1.54) is 35.1 Å². The molecule has 4 heteroatoms. The van der Waals surface area contributed by atoms with Gasteiger partial charge < -0.3 is 9.47 Å². The van der Waals surface area contributed by atoms with Crippen molar-refractivity contribution >= 4 is 22.5 Å². The molecular weight excluding hydrogens is 701 g/mol. The first-order valence-corrected chi connectivity index (χ1v) is 20.9. The van der Waals surface area contributed by atoms with Gasteiger partial charge in [-0.15, -0.1) is 0 Å². The number of Topliss-reactive ketones (excluding diaryl/α,β-unsaturated/α-hetero) is 1. The van der Waals surface area contributed by atoms with Crippen molar-refractivity contribution in [2.45, 2.75) is 104 Å². The van der Waals surface area contributed by atoms with Gasteiger partial charge in [0.1, 0.15) is 17.1 Å². The van der Waals surface area contributed by atoms with Crippen LogP contribution in [-0.2, 0) is 5.41 Å². The highest BCUT2D eigenvalue weighted by atomic mass is 16.5. The lowest BCUT2D eigenvalue weighted by Gasteiger charge is -2.34. The van der Waals surface area contributed by atoms with E-state index in [1.807, 2.05) is 42.5 Å². The fourth-order valence-electron chi connectivity index (χ4n) is 9.22. The van der Waals surface area contributed by atoms with E-state index < -0.39 is 11.4 Å². The summed E-state index contributed by atoms with van der Waals surface area (Å²) in [6, 6.07) is 45.3. The van der Waals surface area contributed by atoms with E-state index in [9.17, 15) is 9.59 Å². The standard InChI is InChI=1S/C53H56O4/c1-7-10-15-34-51(4,5)57-44-30-26-42(27-31-44)53(47-18-13-11-16-45(47)46-17-12-14-19-48(46)53)41-24-28-43(29-25-41)56-50(55)40-23-21-37-35-39(22-20-38(37)36-40)49(54)52(6,32-8-2)33-9-3/h11-14,16-31,35-36H,7-10,15,32-34H2,1-6H3. The number of esters is 1. The van der Waals surface area contributed by atoms with Crippen molar-refractivity contribution in [3.63, 3.8) is 0 Å². The van der Waals surface area contributed by atoms with E-state index in [-0.39, 0.29) is 16.8 Å². The topological polar surface area (TPSA) is 52.6 Å². The summed E-state index contributed by atoms with van der Waals surface area (Å²) in [5, 5.41) is 1.82. The lowest BCUT2D eigenvalue weighted by Crippen LogP contribution is -2.29. The maximum absolute atomic E-state index is 13.6. The molecule has 0 amide bonds. The van der Waals surface area contributed by atoms with Crippen LogP contribution < -0.4 is 9.47 Å². The monoisotopic (exact) mass is 756 g/mol. The van der Waals surface area contributed by atoms with E-state index in [0.717, 1.165) is 71.7 Å². The molecule has 1 aliphatic carbocycles. The van der Waals surface area contributed by atoms with Gasteiger partial charge in [-0.1, -0.05) is 144 Å². The number of carbonyl (C=O) groups is 2. The Kier molecular flexibility index (Phi) is 11.5. The third kappa shape index (κ3) is 7.80. The molecule has 0 saturated carbocycles. The number of ether oxygens (including phenoxy) is 2. The number of unbranched alkanes of at least 4 members (excludes halogenated alkanes) is 2. The third-order valence-electron chi connectivity index (χ3n) is 12.0. The zero-order chi connectivity index (χ0) is 40.2. The number of benzene rings is 6. The molecule has 0 unspecified atom stereocenters. The Bertz CT molecular complexity index is 2310. The van der Waals surface area contributed by atoms with Gasteiger partial charge >= 0.3 is 5.97 Å². The number of carbonyl (C=O) groups excluding carboxylic acids is 2. The van der Waals surface area contributed by atoms with Crippen molar-refractivity contribution in [3.8, 4) is 22.6 Å². The largest absolute Gasteiger partial charge is 0.488 e. The smallest absolute Gasteiger partial charge is 0.343 e. The van der Waals surface area contributed by atoms with Crippen molar-refractivity contribution in [2.75, 3.05) is 0 Å². The van der Waals surface area contributed by atoms with Crippen LogP contribution in [0, 0.1) is 5.41 Å². The van der Waals surface area contributed by atoms with Gasteiger partial charge in [0.15, 0.2) is 5.78 Å². The van der Waals surface area contributed by atoms with Gasteiger partial charge in [0, 0.05) is 11.0 Å². The quantitative estimate of drug-likeness (QED) is 0.0426. The predicted molar refractivity (Wildman–Crippen MR) is 234 cm³/mol. The summed E-state index contributed by atoms with van der Waals surface area (Å²) in [4.78, 5) is 27.2. The molecule has 7 rings (SSSR count). The molecular formula is C53H56O4. The van der Waals surface area contributed by atoms with Gasteiger partial charge in [-0.3, -0.25) is 4.79 Å². The molecule has 0 heterocycles. The van der Waals surface area contributed by atoms with Crippen molar-refractivity contribution in [3.05, 3.63) is 167 Å². The zero-order valence-corrected chi connectivity index (χ0v) is 34.5. The highest BCUT2D eigenvalue weighted by Gasteiger charge is 2.46. The Hall–Kier alpha value is -5.48. The highest BCUT2D eigenvalue weighted by Crippen LogP contribution is 2.56. The molecule has 57 heavy (non-hydrogen) atoms. The molecule has 0 fully saturated rings. The Morgan fingerprint density at radius 1 is 0.544 bits per heavy atom. The molecule has 1 aliphatic rings. The van der Waals surface area contributed by atoms with E-state index in [4.69, 9.17) is 9.47 Å². The van der Waals surface area contributed by atoms with Gasteiger partial charge in [0.25, 0.3) is 0 Å². The van der Waals surface area contributed by atoms with Crippen molar-refractivity contribution < 1.29 is 19.1 Å². The minimum atomic E-state index is -0.589. The van der Waals surface area contributed by atoms with Crippen LogP contribution in [0.4, 0.5) is 0 Å². The summed E-state index contributed by atoms with van der Waals surface area (Å²) >= 11 is 0. The average molecular weight is 757 g/mol. The van der Waals surface area contributed by atoms with Crippen LogP contribution in [0.5, 0.6) is 11.5 Å². The van der Waals surface area contributed by atoms with E-state index in [2.05, 4.69) is 126 Å². The minimum Gasteiger partial charge on any atom is -0.488 e. The van der Waals surface area contributed by atoms with Gasteiger partial charge in [0.2, 0.25) is 0 Å². The number of rotatable bonds is 16. The molecule has 0 aliphatic heterocycles. The first kappa shape index (κ1) is 39.7. The third-order valence-corrected chi connectivity index (χ3v) is 12.0. The molecule has 292 valence electrons. The van der Waals surface area contributed by atoms with Gasteiger partial charge in [-0.2, -0.15) is 0 Å². The minimum absolute atomic E-state index is 0.189. The zero-order valence-electron chi connectivity index (χ0n) is 34.5. The first-order valence-electron chi connectivity index (χ1n) is 20.9. The number of ketones is 1. The molecule has 6 aromatic carbocycles. The second kappa shape index (κ2) is 16.5. The Morgan fingerprint density at radius 2 is 1.05 bits per heavy atom. The molecule has 4 nitrogen and oxygen atoms in total. The van der Waals surface area contributed by atoms with Crippen LogP contribution in [0.25, 0.3) is 21.9 Å². The molecule has 0 saturated heterocycles.